The van der Waals surface area contributed by atoms with Gasteiger partial charge in [0.05, 0.1) is 13.0 Å². The van der Waals surface area contributed by atoms with Gasteiger partial charge in [-0.1, -0.05) is 40.2 Å². The predicted molar refractivity (Wildman–Crippen MR) is 77.1 cm³/mol. The lowest BCUT2D eigenvalue weighted by Gasteiger charge is -2.07. The molecule has 0 aliphatic rings. The fourth-order valence-corrected chi connectivity index (χ4v) is 1.83. The van der Waals surface area contributed by atoms with E-state index in [-0.39, 0.29) is 5.91 Å². The molecule has 0 bridgehead atoms. The van der Waals surface area contributed by atoms with Crippen LogP contribution in [0.4, 0.5) is 0 Å². The molecule has 0 fully saturated rings. The molecule has 0 aliphatic heterocycles. The van der Waals surface area contributed by atoms with E-state index in [0.717, 1.165) is 29.5 Å². The van der Waals surface area contributed by atoms with Gasteiger partial charge in [0.2, 0.25) is 5.91 Å². The molecule has 1 amide bonds. The summed E-state index contributed by atoms with van der Waals surface area (Å²) in [6, 6.07) is 7.96. The molecule has 3 nitrogen and oxygen atoms in total. The van der Waals surface area contributed by atoms with E-state index in [4.69, 9.17) is 4.74 Å². The van der Waals surface area contributed by atoms with Crippen molar-refractivity contribution in [1.82, 2.24) is 5.32 Å². The minimum Gasteiger partial charge on any atom is -0.381 e. The van der Waals surface area contributed by atoms with Crippen LogP contribution in [0.15, 0.2) is 24.3 Å². The molecule has 100 valence electrons. The van der Waals surface area contributed by atoms with E-state index < -0.39 is 0 Å². The lowest BCUT2D eigenvalue weighted by Crippen LogP contribution is -2.27. The van der Waals surface area contributed by atoms with Gasteiger partial charge in [0.25, 0.3) is 0 Å². The smallest absolute Gasteiger partial charge is 0.224 e. The largest absolute Gasteiger partial charge is 0.381 e. The molecule has 0 aliphatic carbocycles. The fraction of sp³-hybridized carbons (Fsp3) is 0.500. The Labute approximate surface area is 117 Å². The molecule has 1 aromatic rings. The number of hydrogen-bond donors (Lipinski definition) is 1. The average molecular weight is 314 g/mol. The lowest BCUT2D eigenvalue weighted by atomic mass is 10.1. The molecule has 0 heterocycles. The molecule has 1 rings (SSSR count). The van der Waals surface area contributed by atoms with E-state index >= 15 is 0 Å². The number of rotatable bonds is 8. The number of aryl methyl sites for hydroxylation is 1. The Morgan fingerprint density at radius 3 is 2.83 bits per heavy atom. The van der Waals surface area contributed by atoms with Gasteiger partial charge in [0, 0.05) is 18.5 Å². The van der Waals surface area contributed by atoms with Crippen molar-refractivity contribution < 1.29 is 9.53 Å². The molecular weight excluding hydrogens is 294 g/mol. The number of ether oxygens (including phenoxy) is 1. The number of benzene rings is 1. The second-order valence-corrected chi connectivity index (χ2v) is 4.90. The average Bonchev–Trinajstić information content (AvgIpc) is 2.36. The van der Waals surface area contributed by atoms with E-state index in [1.165, 1.54) is 0 Å². The Balaban J connectivity index is 2.16. The predicted octanol–water partition coefficient (Wildman–Crippen LogP) is 2.46. The first-order valence-corrected chi connectivity index (χ1v) is 7.31. The summed E-state index contributed by atoms with van der Waals surface area (Å²) in [6.45, 7) is 4.11. The Kier molecular flexibility index (Phi) is 7.69. The first-order valence-electron chi connectivity index (χ1n) is 6.19. The van der Waals surface area contributed by atoms with Gasteiger partial charge >= 0.3 is 0 Å². The Morgan fingerprint density at radius 2 is 2.11 bits per heavy atom. The van der Waals surface area contributed by atoms with Crippen LogP contribution in [0, 0.1) is 6.92 Å². The topological polar surface area (TPSA) is 38.3 Å². The van der Waals surface area contributed by atoms with Crippen LogP contribution < -0.4 is 5.32 Å². The normalized spacial score (nSPS) is 10.3. The fourth-order valence-electron chi connectivity index (χ4n) is 1.60. The van der Waals surface area contributed by atoms with E-state index in [1.54, 1.807) is 0 Å². The van der Waals surface area contributed by atoms with Crippen molar-refractivity contribution in [1.29, 1.82) is 0 Å². The summed E-state index contributed by atoms with van der Waals surface area (Å²) < 4.78 is 5.30. The van der Waals surface area contributed by atoms with Crippen LogP contribution in [-0.2, 0) is 16.0 Å². The third-order valence-electron chi connectivity index (χ3n) is 2.62. The molecule has 0 radical (unpaired) electrons. The van der Waals surface area contributed by atoms with E-state index in [2.05, 4.69) is 21.2 Å². The van der Waals surface area contributed by atoms with Gasteiger partial charge in [-0.05, 0) is 24.5 Å². The van der Waals surface area contributed by atoms with Crippen LogP contribution in [0.1, 0.15) is 17.5 Å². The molecule has 4 heteroatoms. The quantitative estimate of drug-likeness (QED) is 0.591. The number of alkyl halides is 1. The maximum absolute atomic E-state index is 11.7. The number of amides is 1. The third kappa shape index (κ3) is 6.17. The second-order valence-electron chi connectivity index (χ2n) is 4.11. The van der Waals surface area contributed by atoms with Gasteiger partial charge in [-0.3, -0.25) is 4.79 Å². The van der Waals surface area contributed by atoms with Crippen molar-refractivity contribution in [2.45, 2.75) is 19.8 Å². The van der Waals surface area contributed by atoms with E-state index in [1.807, 2.05) is 31.2 Å². The lowest BCUT2D eigenvalue weighted by molar-refractivity contribution is -0.120. The Hall–Kier alpha value is -0.870. The molecule has 0 spiro atoms. The SMILES string of the molecule is Cc1ccccc1CC(=O)NCCCOCCBr. The molecule has 0 atom stereocenters. The minimum atomic E-state index is 0.0739. The van der Waals surface area contributed by atoms with Gasteiger partial charge < -0.3 is 10.1 Å². The number of hydrogen-bond acceptors (Lipinski definition) is 2. The summed E-state index contributed by atoms with van der Waals surface area (Å²) in [5.74, 6) is 0.0739. The standard InChI is InChI=1S/C14H20BrNO2/c1-12-5-2-3-6-13(12)11-14(17)16-8-4-9-18-10-7-15/h2-3,5-6H,4,7-11H2,1H3,(H,16,17). The Morgan fingerprint density at radius 1 is 1.33 bits per heavy atom. The van der Waals surface area contributed by atoms with Crippen molar-refractivity contribution in [2.75, 3.05) is 25.1 Å². The third-order valence-corrected chi connectivity index (χ3v) is 2.95. The van der Waals surface area contributed by atoms with Crippen LogP contribution in [0.5, 0.6) is 0 Å². The summed E-state index contributed by atoms with van der Waals surface area (Å²) in [5, 5.41) is 3.76. The van der Waals surface area contributed by atoms with Crippen LogP contribution in [0.2, 0.25) is 0 Å². The van der Waals surface area contributed by atoms with Crippen molar-refractivity contribution in [3.8, 4) is 0 Å². The summed E-state index contributed by atoms with van der Waals surface area (Å²) in [6.07, 6.45) is 1.31. The first-order chi connectivity index (χ1) is 8.74. The molecular formula is C14H20BrNO2. The van der Waals surface area contributed by atoms with Crippen molar-refractivity contribution in [2.24, 2.45) is 0 Å². The van der Waals surface area contributed by atoms with Crippen molar-refractivity contribution in [3.05, 3.63) is 35.4 Å². The number of nitrogens with one attached hydrogen (secondary N) is 1. The molecule has 18 heavy (non-hydrogen) atoms. The van der Waals surface area contributed by atoms with Gasteiger partial charge in [0.15, 0.2) is 0 Å². The molecule has 0 saturated heterocycles. The highest BCUT2D eigenvalue weighted by molar-refractivity contribution is 9.09. The van der Waals surface area contributed by atoms with Crippen LogP contribution in [0.3, 0.4) is 0 Å². The number of halogens is 1. The molecule has 0 unspecified atom stereocenters. The minimum absolute atomic E-state index is 0.0739. The Bertz CT molecular complexity index is 369. The summed E-state index contributed by atoms with van der Waals surface area (Å²) >= 11 is 3.29. The van der Waals surface area contributed by atoms with Gasteiger partial charge in [0.1, 0.15) is 0 Å². The van der Waals surface area contributed by atoms with Gasteiger partial charge in [-0.15, -0.1) is 0 Å². The zero-order valence-corrected chi connectivity index (χ0v) is 12.3. The first kappa shape index (κ1) is 15.2. The highest BCUT2D eigenvalue weighted by Gasteiger charge is 2.04. The zero-order valence-electron chi connectivity index (χ0n) is 10.7. The van der Waals surface area contributed by atoms with Crippen LogP contribution in [0.25, 0.3) is 0 Å². The summed E-state index contributed by atoms with van der Waals surface area (Å²) in [7, 11) is 0. The van der Waals surface area contributed by atoms with Crippen molar-refractivity contribution >= 4 is 21.8 Å². The molecule has 0 aromatic heterocycles. The van der Waals surface area contributed by atoms with Crippen molar-refractivity contribution in [3.63, 3.8) is 0 Å². The zero-order chi connectivity index (χ0) is 13.2. The number of carbonyl (C=O) groups excluding carboxylic acids is 1. The number of carbonyl (C=O) groups is 1. The molecule has 1 aromatic carbocycles. The highest BCUT2D eigenvalue weighted by atomic mass is 79.9. The monoisotopic (exact) mass is 313 g/mol. The van der Waals surface area contributed by atoms with Gasteiger partial charge in [-0.2, -0.15) is 0 Å². The van der Waals surface area contributed by atoms with Gasteiger partial charge in [-0.25, -0.2) is 0 Å². The van der Waals surface area contributed by atoms with E-state index in [0.29, 0.717) is 19.6 Å². The molecule has 1 N–H and O–H groups in total. The summed E-state index contributed by atoms with van der Waals surface area (Å²) in [5.41, 5.74) is 2.25. The summed E-state index contributed by atoms with van der Waals surface area (Å²) in [4.78, 5) is 11.7. The second kappa shape index (κ2) is 9.11. The molecule has 0 saturated carbocycles. The van der Waals surface area contributed by atoms with E-state index in [9.17, 15) is 4.79 Å². The highest BCUT2D eigenvalue weighted by Crippen LogP contribution is 2.07. The maximum atomic E-state index is 11.7. The maximum Gasteiger partial charge on any atom is 0.224 e. The van der Waals surface area contributed by atoms with Crippen LogP contribution >= 0.6 is 15.9 Å². The van der Waals surface area contributed by atoms with Crippen LogP contribution in [-0.4, -0.2) is 31.0 Å².